The summed E-state index contributed by atoms with van der Waals surface area (Å²) in [6.07, 6.45) is 29.7. The molecule has 18 nitrogen and oxygen atoms in total. The highest BCUT2D eigenvalue weighted by Crippen LogP contribution is 2.06. The van der Waals surface area contributed by atoms with Gasteiger partial charge in [-0.15, -0.1) is 0 Å². The van der Waals surface area contributed by atoms with Crippen LogP contribution in [0.25, 0.3) is 0 Å². The summed E-state index contributed by atoms with van der Waals surface area (Å²) in [5.74, 6) is 3.33. The predicted octanol–water partition coefficient (Wildman–Crippen LogP) is 16.3. The number of aromatic nitrogens is 17. The number of hydrogen-bond donors (Lipinski definition) is 0. The lowest BCUT2D eigenvalue weighted by molar-refractivity contribution is -0.605. The third kappa shape index (κ3) is 44.7. The molecule has 12 aromatic rings. The first-order chi connectivity index (χ1) is 45.5. The van der Waals surface area contributed by atoms with Gasteiger partial charge in [0.2, 0.25) is 0 Å². The molecule has 0 bridgehead atoms. The van der Waals surface area contributed by atoms with Crippen molar-refractivity contribution in [2.45, 2.75) is 159 Å². The quantitative estimate of drug-likeness (QED) is 0.101. The molecule has 12 aromatic heterocycles. The van der Waals surface area contributed by atoms with Gasteiger partial charge >= 0.3 is 0 Å². The van der Waals surface area contributed by atoms with Crippen LogP contribution in [0.1, 0.15) is 130 Å². The van der Waals surface area contributed by atoms with Crippen molar-refractivity contribution in [2.24, 2.45) is 0 Å². The van der Waals surface area contributed by atoms with Gasteiger partial charge in [0.15, 0.2) is 12.4 Å². The van der Waals surface area contributed by atoms with E-state index < -0.39 is 0 Å². The van der Waals surface area contributed by atoms with Crippen molar-refractivity contribution in [2.75, 3.05) is 0 Å². The third-order valence-electron chi connectivity index (χ3n) is 12.5. The molecule has 0 saturated heterocycles. The summed E-state index contributed by atoms with van der Waals surface area (Å²) < 4.78 is 0.771. The zero-order chi connectivity index (χ0) is 71.8. The summed E-state index contributed by atoms with van der Waals surface area (Å²) in [4.78, 5) is 63.6. The standard InChI is InChI=1S/3C8H11N.2C7H9N.3C6H8N2.C6H7NO.C6H7N.2C5H6N2/c1-6-4-8(3)9-5-7(6)2;1-6-4-7(2)8(3)9-5-6;1-6-4-7(2)9-8(3)5-6;1-6-3-4-8-5-7(6)2;1-6-3-4-8-7(2)5-6;1-5-3-7-6(2)8-4-5;2*1-5-3-4-7-6(2)8-5;1-6-2-4-7(8)5-3-6;1-6-2-4-7-5-3-6;1-5-2-3-6-4-7-5;1-5-6-3-2-4-7-5/h3*4-5H,1-3H3;2*3-5H,1-2H3;3*3-4H,1-2H3;2-5H,1H3;2-5H,1H3;2*2-4H,1H3. The molecule has 12 heterocycles. The second-order valence-corrected chi connectivity index (χ2v) is 22.4. The Bertz CT molecular complexity index is 3540. The van der Waals surface area contributed by atoms with Crippen LogP contribution >= 0.6 is 0 Å². The molecule has 0 spiro atoms. The largest absolute Gasteiger partial charge is 0.619 e. The van der Waals surface area contributed by atoms with Crippen LogP contribution in [-0.2, 0) is 0 Å². The Hall–Kier alpha value is -10.8. The number of hydrogen-bond acceptors (Lipinski definition) is 17. The van der Waals surface area contributed by atoms with Crippen molar-refractivity contribution in [3.8, 4) is 0 Å². The van der Waals surface area contributed by atoms with E-state index in [0.29, 0.717) is 0 Å². The van der Waals surface area contributed by atoms with Crippen LogP contribution in [-0.4, -0.2) is 79.7 Å². The van der Waals surface area contributed by atoms with E-state index in [0.717, 1.165) is 84.7 Å². The van der Waals surface area contributed by atoms with E-state index in [2.05, 4.69) is 165 Å². The number of pyridine rings is 7. The Morgan fingerprint density at radius 3 is 1.04 bits per heavy atom. The Labute approximate surface area is 572 Å². The van der Waals surface area contributed by atoms with Crippen molar-refractivity contribution in [1.29, 1.82) is 0 Å². The van der Waals surface area contributed by atoms with E-state index in [1.807, 2.05) is 190 Å². The second-order valence-electron chi connectivity index (χ2n) is 22.4. The molecule has 0 unspecified atom stereocenters. The third-order valence-corrected chi connectivity index (χ3v) is 12.5. The molecule has 504 valence electrons. The molecule has 0 atom stereocenters. The van der Waals surface area contributed by atoms with Crippen LogP contribution in [0.5, 0.6) is 0 Å². The zero-order valence-corrected chi connectivity index (χ0v) is 61.0. The zero-order valence-electron chi connectivity index (χ0n) is 61.0. The minimum Gasteiger partial charge on any atom is -0.619 e. The molecular weight excluding hydrogens is 1190 g/mol. The summed E-state index contributed by atoms with van der Waals surface area (Å²) in [6, 6.07) is 29.4. The van der Waals surface area contributed by atoms with Gasteiger partial charge in [0.1, 0.15) is 29.6 Å². The van der Waals surface area contributed by atoms with E-state index in [-0.39, 0.29) is 0 Å². The van der Waals surface area contributed by atoms with E-state index in [1.165, 1.54) is 68.8 Å². The lowest BCUT2D eigenvalue weighted by atomic mass is 10.2. The van der Waals surface area contributed by atoms with E-state index in [9.17, 15) is 5.21 Å². The number of nitrogens with zero attached hydrogens (tertiary/aromatic N) is 17. The summed E-state index contributed by atoms with van der Waals surface area (Å²) in [6.45, 7) is 45.9. The molecule has 0 fully saturated rings. The summed E-state index contributed by atoms with van der Waals surface area (Å²) >= 11 is 0. The minimum absolute atomic E-state index is 0.771. The molecule has 0 aromatic carbocycles. The fraction of sp³-hybridized carbons (Fsp3) is 0.295. The van der Waals surface area contributed by atoms with Crippen LogP contribution in [0.2, 0.25) is 0 Å². The molecule has 0 aliphatic rings. The van der Waals surface area contributed by atoms with Gasteiger partial charge in [-0.05, 0) is 293 Å². The maximum atomic E-state index is 10.3. The molecule has 0 saturated carbocycles. The van der Waals surface area contributed by atoms with Gasteiger partial charge in [-0.1, -0.05) is 6.07 Å². The first-order valence-electron chi connectivity index (χ1n) is 31.3. The first-order valence-corrected chi connectivity index (χ1v) is 31.3. The van der Waals surface area contributed by atoms with Crippen LogP contribution in [0.3, 0.4) is 0 Å². The van der Waals surface area contributed by atoms with E-state index in [4.69, 9.17) is 0 Å². The smallest absolute Gasteiger partial charge is 0.180 e. The molecule has 12 rings (SSSR count). The predicted molar refractivity (Wildman–Crippen MR) is 390 cm³/mol. The molecule has 0 radical (unpaired) electrons. The monoisotopic (exact) mass is 1290 g/mol. The van der Waals surface area contributed by atoms with Crippen LogP contribution in [0.15, 0.2) is 196 Å². The first kappa shape index (κ1) is 83.3. The van der Waals surface area contributed by atoms with Gasteiger partial charge in [0.25, 0.3) is 0 Å². The van der Waals surface area contributed by atoms with Crippen LogP contribution in [0.4, 0.5) is 0 Å². The molecule has 0 amide bonds. The number of aryl methyl sites for hydroxylation is 23. The average Bonchev–Trinajstić information content (AvgIpc) is 3.70. The normalized spacial score (nSPS) is 9.24. The van der Waals surface area contributed by atoms with Crippen molar-refractivity contribution in [3.05, 3.63) is 332 Å². The average molecular weight is 1290 g/mol. The van der Waals surface area contributed by atoms with Crippen molar-refractivity contribution in [3.63, 3.8) is 0 Å². The highest BCUT2D eigenvalue weighted by Gasteiger charge is 1.94. The topological polar surface area (TPSA) is 233 Å². The van der Waals surface area contributed by atoms with E-state index >= 15 is 0 Å². The molecule has 96 heavy (non-hydrogen) atoms. The number of rotatable bonds is 0. The highest BCUT2D eigenvalue weighted by molar-refractivity contribution is 5.24. The lowest BCUT2D eigenvalue weighted by Gasteiger charge is -1.97. The Morgan fingerprint density at radius 2 is 0.708 bits per heavy atom. The van der Waals surface area contributed by atoms with Crippen LogP contribution in [0, 0.1) is 164 Å². The van der Waals surface area contributed by atoms with Crippen LogP contribution < -0.4 is 4.73 Å². The van der Waals surface area contributed by atoms with Gasteiger partial charge in [0, 0.05) is 144 Å². The van der Waals surface area contributed by atoms with Crippen molar-refractivity contribution in [1.82, 2.24) is 79.7 Å². The second kappa shape index (κ2) is 48.9. The molecule has 0 N–H and O–H groups in total. The fourth-order valence-electron chi connectivity index (χ4n) is 7.07. The molecule has 18 heteroatoms. The van der Waals surface area contributed by atoms with Gasteiger partial charge in [-0.3, -0.25) is 29.9 Å². The summed E-state index contributed by atoms with van der Waals surface area (Å²) in [5.41, 5.74) is 22.3. The van der Waals surface area contributed by atoms with Gasteiger partial charge < -0.3 is 5.21 Å². The maximum Gasteiger partial charge on any atom is 0.180 e. The molecular formula is C78H101N17O. The molecule has 0 aliphatic heterocycles. The highest BCUT2D eigenvalue weighted by atomic mass is 16.5. The lowest BCUT2D eigenvalue weighted by Crippen LogP contribution is -2.23. The summed E-state index contributed by atoms with van der Waals surface area (Å²) in [7, 11) is 0. The van der Waals surface area contributed by atoms with Crippen molar-refractivity contribution < 1.29 is 4.73 Å². The maximum absolute atomic E-state index is 10.3. The Kier molecular flexibility index (Phi) is 42.4. The Balaban J connectivity index is 0.000000524. The van der Waals surface area contributed by atoms with E-state index in [1.54, 1.807) is 61.6 Å². The Morgan fingerprint density at radius 1 is 0.250 bits per heavy atom. The molecule has 0 aliphatic carbocycles. The van der Waals surface area contributed by atoms with Crippen molar-refractivity contribution >= 4 is 0 Å². The van der Waals surface area contributed by atoms with Gasteiger partial charge in [0.05, 0.1) is 0 Å². The fourth-order valence-corrected chi connectivity index (χ4v) is 7.07. The SMILES string of the molecule is Cc1cc(C)c(C)cn1.Cc1cc(C)nc(C)c1.Cc1cc[n+]([O-])cc1.Cc1ccnc(C)c1.Cc1ccnc(C)n1.Cc1ccnc(C)n1.Cc1ccncc1.Cc1ccncc1C.Cc1ccncn1.Cc1cnc(C)c(C)c1.Cc1cnc(C)nc1.Cc1ncccn1. The minimum atomic E-state index is 0.771. The van der Waals surface area contributed by atoms with Gasteiger partial charge in [-0.2, -0.15) is 4.73 Å². The van der Waals surface area contributed by atoms with Gasteiger partial charge in [-0.25, -0.2) is 49.8 Å². The summed E-state index contributed by atoms with van der Waals surface area (Å²) in [5, 5.41) is 10.3.